The van der Waals surface area contributed by atoms with Gasteiger partial charge in [0, 0.05) is 6.20 Å². The number of pyridine rings is 1. The molecule has 6 rings (SSSR count). The van der Waals surface area contributed by atoms with Crippen LogP contribution in [0.4, 0.5) is 5.13 Å². The standard InChI is InChI=1S/C30H24N4O5S/c1-15-13-16(2)23-20(14-15)40-30(32-23)34-25(18-8-10-19(11-9-18)29(38)39-4)22(27(36)28(34)37)26(35)24-17(3)31-21-7-5-6-12-33(21)24/h5-14,25,35H,1-4H3. The number of thiazole rings is 1. The van der Waals surface area contributed by atoms with E-state index < -0.39 is 23.7 Å². The number of nitrogens with zero attached hydrogens (tertiary/aromatic N) is 4. The molecule has 0 bridgehead atoms. The van der Waals surface area contributed by atoms with Gasteiger partial charge in [-0.05, 0) is 67.8 Å². The van der Waals surface area contributed by atoms with Gasteiger partial charge in [0.05, 0.1) is 40.2 Å². The number of ether oxygens (including phenoxy) is 1. The molecule has 2 aromatic carbocycles. The fraction of sp³-hybridized carbons (Fsp3) is 0.167. The third-order valence-corrected chi connectivity index (χ3v) is 8.05. The number of fused-ring (bicyclic) bond motifs is 2. The van der Waals surface area contributed by atoms with Crippen molar-refractivity contribution in [3.63, 3.8) is 0 Å². The number of Topliss-reactive ketones (excluding diaryl/α,β-unsaturated/α-hetero) is 1. The summed E-state index contributed by atoms with van der Waals surface area (Å²) < 4.78 is 7.38. The SMILES string of the molecule is COC(=O)c1ccc(C2C(=C(O)c3c(C)nc4ccccn34)C(=O)C(=O)N2c2nc3c(C)cc(C)cc3s2)cc1. The smallest absolute Gasteiger partial charge is 0.337 e. The van der Waals surface area contributed by atoms with Crippen LogP contribution in [-0.2, 0) is 14.3 Å². The minimum absolute atomic E-state index is 0.0864. The summed E-state index contributed by atoms with van der Waals surface area (Å²) in [5.41, 5.74) is 4.91. The van der Waals surface area contributed by atoms with Gasteiger partial charge in [-0.2, -0.15) is 0 Å². The fourth-order valence-corrected chi connectivity index (χ4v) is 6.42. The number of benzene rings is 2. The molecule has 1 amide bonds. The zero-order valence-electron chi connectivity index (χ0n) is 22.1. The van der Waals surface area contributed by atoms with Gasteiger partial charge >= 0.3 is 11.9 Å². The molecule has 10 heteroatoms. The van der Waals surface area contributed by atoms with Crippen LogP contribution in [0.25, 0.3) is 21.6 Å². The summed E-state index contributed by atoms with van der Waals surface area (Å²) in [6, 6.07) is 14.8. The van der Waals surface area contributed by atoms with Gasteiger partial charge in [-0.3, -0.25) is 18.9 Å². The number of hydrogen-bond donors (Lipinski definition) is 1. The van der Waals surface area contributed by atoms with Gasteiger partial charge in [0.15, 0.2) is 10.9 Å². The van der Waals surface area contributed by atoms with E-state index in [4.69, 9.17) is 9.72 Å². The van der Waals surface area contributed by atoms with Gasteiger partial charge < -0.3 is 9.84 Å². The summed E-state index contributed by atoms with van der Waals surface area (Å²) in [5, 5.41) is 12.0. The summed E-state index contributed by atoms with van der Waals surface area (Å²) in [7, 11) is 1.29. The molecule has 4 heterocycles. The zero-order chi connectivity index (χ0) is 28.3. The maximum Gasteiger partial charge on any atom is 0.337 e. The van der Waals surface area contributed by atoms with Crippen molar-refractivity contribution >= 4 is 55.8 Å². The molecule has 200 valence electrons. The van der Waals surface area contributed by atoms with E-state index in [1.54, 1.807) is 53.9 Å². The van der Waals surface area contributed by atoms with Gasteiger partial charge in [0.1, 0.15) is 11.3 Å². The quantitative estimate of drug-likeness (QED) is 0.140. The molecular weight excluding hydrogens is 528 g/mol. The van der Waals surface area contributed by atoms with Gasteiger partial charge in [0.2, 0.25) is 0 Å². The Balaban J connectivity index is 1.60. The van der Waals surface area contributed by atoms with Crippen molar-refractivity contribution in [1.29, 1.82) is 0 Å². The van der Waals surface area contributed by atoms with Gasteiger partial charge in [-0.25, -0.2) is 14.8 Å². The summed E-state index contributed by atoms with van der Waals surface area (Å²) in [6.45, 7) is 5.67. The average molecular weight is 553 g/mol. The molecule has 5 aromatic rings. The van der Waals surface area contributed by atoms with E-state index in [1.807, 2.05) is 32.0 Å². The van der Waals surface area contributed by atoms with Crippen LogP contribution in [0.15, 0.2) is 66.4 Å². The second kappa shape index (κ2) is 9.42. The number of aryl methyl sites for hydroxylation is 3. The van der Waals surface area contributed by atoms with Crippen molar-refractivity contribution in [2.45, 2.75) is 26.8 Å². The van der Waals surface area contributed by atoms with Crippen LogP contribution in [0, 0.1) is 20.8 Å². The highest BCUT2D eigenvalue weighted by atomic mass is 32.1. The lowest BCUT2D eigenvalue weighted by Gasteiger charge is -2.23. The number of hydrogen-bond acceptors (Lipinski definition) is 8. The summed E-state index contributed by atoms with van der Waals surface area (Å²) in [5.74, 6) is -2.49. The van der Waals surface area contributed by atoms with Crippen LogP contribution in [0.2, 0.25) is 0 Å². The maximum absolute atomic E-state index is 13.7. The summed E-state index contributed by atoms with van der Waals surface area (Å²) >= 11 is 1.30. The average Bonchev–Trinajstić information content (AvgIpc) is 3.59. The predicted octanol–water partition coefficient (Wildman–Crippen LogP) is 5.28. The largest absolute Gasteiger partial charge is 0.505 e. The Morgan fingerprint density at radius 2 is 1.77 bits per heavy atom. The number of amides is 1. The Morgan fingerprint density at radius 1 is 1.02 bits per heavy atom. The molecule has 9 nitrogen and oxygen atoms in total. The first kappa shape index (κ1) is 25.4. The topological polar surface area (TPSA) is 114 Å². The van der Waals surface area contributed by atoms with E-state index in [0.29, 0.717) is 33.3 Å². The van der Waals surface area contributed by atoms with Crippen molar-refractivity contribution in [3.8, 4) is 0 Å². The van der Waals surface area contributed by atoms with Crippen LogP contribution >= 0.6 is 11.3 Å². The molecular formula is C30H24N4O5S. The van der Waals surface area contributed by atoms with Gasteiger partial charge in [0.25, 0.3) is 5.78 Å². The lowest BCUT2D eigenvalue weighted by molar-refractivity contribution is -0.132. The van der Waals surface area contributed by atoms with E-state index in [-0.39, 0.29) is 11.3 Å². The number of imidazole rings is 1. The second-order valence-corrected chi connectivity index (χ2v) is 10.7. The van der Waals surface area contributed by atoms with E-state index in [9.17, 15) is 19.5 Å². The summed E-state index contributed by atoms with van der Waals surface area (Å²) in [4.78, 5) is 50.0. The molecule has 1 atom stereocenters. The minimum atomic E-state index is -0.998. The van der Waals surface area contributed by atoms with Crippen molar-refractivity contribution in [2.24, 2.45) is 0 Å². The fourth-order valence-electron chi connectivity index (χ4n) is 5.25. The molecule has 0 spiro atoms. The number of esters is 1. The third kappa shape index (κ3) is 3.87. The molecule has 0 radical (unpaired) electrons. The van der Waals surface area contributed by atoms with Crippen LogP contribution < -0.4 is 4.90 Å². The van der Waals surface area contributed by atoms with E-state index in [0.717, 1.165) is 21.3 Å². The molecule has 1 fully saturated rings. The molecule has 40 heavy (non-hydrogen) atoms. The zero-order valence-corrected chi connectivity index (χ0v) is 22.9. The monoisotopic (exact) mass is 552 g/mol. The molecule has 1 aliphatic heterocycles. The summed E-state index contributed by atoms with van der Waals surface area (Å²) in [6.07, 6.45) is 1.74. The van der Waals surface area contributed by atoms with Gasteiger partial charge in [-0.15, -0.1) is 0 Å². The van der Waals surface area contributed by atoms with Crippen molar-refractivity contribution < 1.29 is 24.2 Å². The van der Waals surface area contributed by atoms with Crippen LogP contribution in [0.3, 0.4) is 0 Å². The normalized spacial score (nSPS) is 16.8. The molecule has 3 aromatic heterocycles. The van der Waals surface area contributed by atoms with Crippen molar-refractivity contribution in [1.82, 2.24) is 14.4 Å². The van der Waals surface area contributed by atoms with Crippen LogP contribution in [0.1, 0.15) is 44.5 Å². The van der Waals surface area contributed by atoms with E-state index in [2.05, 4.69) is 4.98 Å². The first-order valence-corrected chi connectivity index (χ1v) is 13.3. The molecule has 1 unspecified atom stereocenters. The highest BCUT2D eigenvalue weighted by Crippen LogP contribution is 2.45. The Kier molecular flexibility index (Phi) is 5.99. The first-order chi connectivity index (χ1) is 19.2. The van der Waals surface area contributed by atoms with Crippen molar-refractivity contribution in [2.75, 3.05) is 12.0 Å². The number of aromatic nitrogens is 3. The first-order valence-electron chi connectivity index (χ1n) is 12.5. The Hall–Kier alpha value is -4.83. The number of anilines is 1. The second-order valence-electron chi connectivity index (χ2n) is 9.68. The molecule has 0 aliphatic carbocycles. The lowest BCUT2D eigenvalue weighted by Crippen LogP contribution is -2.29. The molecule has 1 saturated heterocycles. The van der Waals surface area contributed by atoms with Gasteiger partial charge in [-0.1, -0.05) is 35.6 Å². The minimum Gasteiger partial charge on any atom is -0.505 e. The molecule has 1 N–H and O–H groups in total. The maximum atomic E-state index is 13.7. The van der Waals surface area contributed by atoms with E-state index in [1.165, 1.54) is 23.3 Å². The third-order valence-electron chi connectivity index (χ3n) is 7.05. The number of carbonyl (C=O) groups is 3. The number of carbonyl (C=O) groups excluding carboxylic acids is 3. The Bertz CT molecular complexity index is 1900. The van der Waals surface area contributed by atoms with Crippen LogP contribution in [-0.4, -0.2) is 44.2 Å². The number of rotatable bonds is 4. The number of methoxy groups -OCH3 is 1. The Morgan fingerprint density at radius 3 is 2.50 bits per heavy atom. The molecule has 0 saturated carbocycles. The highest BCUT2D eigenvalue weighted by molar-refractivity contribution is 7.22. The van der Waals surface area contributed by atoms with E-state index >= 15 is 0 Å². The van der Waals surface area contributed by atoms with Crippen molar-refractivity contribution in [3.05, 3.63) is 100 Å². The lowest BCUT2D eigenvalue weighted by atomic mass is 9.95. The highest BCUT2D eigenvalue weighted by Gasteiger charge is 2.48. The number of aliphatic hydroxyl groups excluding tert-OH is 1. The predicted molar refractivity (Wildman–Crippen MR) is 152 cm³/mol. The Labute approximate surface area is 233 Å². The van der Waals surface area contributed by atoms with Crippen LogP contribution in [0.5, 0.6) is 0 Å². The molecule has 1 aliphatic rings. The number of ketones is 1. The number of aliphatic hydroxyl groups is 1.